The maximum absolute atomic E-state index is 12.6. The molecule has 0 radical (unpaired) electrons. The van der Waals surface area contributed by atoms with Crippen molar-refractivity contribution in [3.63, 3.8) is 0 Å². The molecular weight excluding hydrogens is 354 g/mol. The summed E-state index contributed by atoms with van der Waals surface area (Å²) in [6, 6.07) is 13.5. The minimum Gasteiger partial charge on any atom is -0.496 e. The Labute approximate surface area is 164 Å². The predicted molar refractivity (Wildman–Crippen MR) is 111 cm³/mol. The van der Waals surface area contributed by atoms with Gasteiger partial charge in [0.05, 0.1) is 25.5 Å². The Morgan fingerprint density at radius 1 is 1.14 bits per heavy atom. The second kappa shape index (κ2) is 8.71. The summed E-state index contributed by atoms with van der Waals surface area (Å²) in [6.07, 6.45) is 1.66. The molecule has 6 nitrogen and oxygen atoms in total. The van der Waals surface area contributed by atoms with E-state index in [1.54, 1.807) is 20.4 Å². The Hall–Kier alpha value is -3.12. The van der Waals surface area contributed by atoms with Crippen molar-refractivity contribution < 1.29 is 14.3 Å². The number of ether oxygens (including phenoxy) is 2. The maximum atomic E-state index is 12.6. The Bertz CT molecular complexity index is 1020. The molecule has 0 spiro atoms. The van der Waals surface area contributed by atoms with Gasteiger partial charge < -0.3 is 14.0 Å². The molecule has 3 aromatic rings. The number of benzene rings is 2. The van der Waals surface area contributed by atoms with E-state index in [0.717, 1.165) is 34.3 Å². The first-order valence-corrected chi connectivity index (χ1v) is 9.11. The largest absolute Gasteiger partial charge is 0.496 e. The number of carbonyl (C=O) groups is 1. The highest BCUT2D eigenvalue weighted by Crippen LogP contribution is 2.25. The number of nitrogens with zero attached hydrogens (tertiary/aromatic N) is 2. The molecular formula is C22H25N3O3. The lowest BCUT2D eigenvalue weighted by molar-refractivity contribution is 0.0952. The van der Waals surface area contributed by atoms with Crippen LogP contribution >= 0.6 is 0 Å². The molecule has 0 unspecified atom stereocenters. The van der Waals surface area contributed by atoms with Crippen LogP contribution in [0.5, 0.6) is 5.75 Å². The highest BCUT2D eigenvalue weighted by atomic mass is 16.5. The van der Waals surface area contributed by atoms with Gasteiger partial charge in [-0.3, -0.25) is 4.79 Å². The van der Waals surface area contributed by atoms with E-state index in [1.165, 1.54) is 0 Å². The number of hydrogen-bond acceptors (Lipinski definition) is 4. The Morgan fingerprint density at radius 2 is 1.86 bits per heavy atom. The van der Waals surface area contributed by atoms with E-state index in [0.29, 0.717) is 17.9 Å². The average Bonchev–Trinajstić information content (AvgIpc) is 2.98. The van der Waals surface area contributed by atoms with Gasteiger partial charge in [0.1, 0.15) is 5.75 Å². The second-order valence-corrected chi connectivity index (χ2v) is 6.57. The Kier molecular flexibility index (Phi) is 6.11. The van der Waals surface area contributed by atoms with Gasteiger partial charge in [-0.2, -0.15) is 5.10 Å². The van der Waals surface area contributed by atoms with Gasteiger partial charge in [-0.25, -0.2) is 5.43 Å². The van der Waals surface area contributed by atoms with Gasteiger partial charge in [0.2, 0.25) is 0 Å². The van der Waals surface area contributed by atoms with Gasteiger partial charge in [-0.05, 0) is 42.8 Å². The Balaban J connectivity index is 1.78. The molecule has 6 heteroatoms. The van der Waals surface area contributed by atoms with Crippen molar-refractivity contribution in [3.05, 3.63) is 65.0 Å². The quantitative estimate of drug-likeness (QED) is 0.503. The van der Waals surface area contributed by atoms with Gasteiger partial charge in [0.15, 0.2) is 0 Å². The molecule has 28 heavy (non-hydrogen) atoms. The van der Waals surface area contributed by atoms with E-state index < -0.39 is 0 Å². The normalized spacial score (nSPS) is 11.3. The van der Waals surface area contributed by atoms with Crippen LogP contribution < -0.4 is 10.2 Å². The lowest BCUT2D eigenvalue weighted by atomic mass is 10.1. The summed E-state index contributed by atoms with van der Waals surface area (Å²) in [5.41, 5.74) is 6.21. The van der Waals surface area contributed by atoms with Gasteiger partial charge >= 0.3 is 0 Å². The molecule has 1 aromatic heterocycles. The van der Waals surface area contributed by atoms with Crippen LogP contribution in [0.15, 0.2) is 47.6 Å². The number of fused-ring (bicyclic) bond motifs is 1. The molecule has 3 rings (SSSR count). The van der Waals surface area contributed by atoms with Gasteiger partial charge in [-0.1, -0.05) is 24.3 Å². The summed E-state index contributed by atoms with van der Waals surface area (Å²) in [5, 5.41) is 6.13. The molecule has 0 atom stereocenters. The fraction of sp³-hybridized carbons (Fsp3) is 0.273. The average molecular weight is 379 g/mol. The summed E-state index contributed by atoms with van der Waals surface area (Å²) < 4.78 is 12.7. The minimum absolute atomic E-state index is 0.313. The van der Waals surface area contributed by atoms with Crippen molar-refractivity contribution in [1.82, 2.24) is 9.99 Å². The molecule has 0 aliphatic rings. The first kappa shape index (κ1) is 19.6. The van der Waals surface area contributed by atoms with Crippen LogP contribution in [0.4, 0.5) is 0 Å². The number of nitrogens with one attached hydrogen (secondary N) is 1. The zero-order chi connectivity index (χ0) is 20.1. The third-order valence-corrected chi connectivity index (χ3v) is 4.81. The zero-order valence-corrected chi connectivity index (χ0v) is 16.7. The lowest BCUT2D eigenvalue weighted by Gasteiger charge is -2.09. The summed E-state index contributed by atoms with van der Waals surface area (Å²) in [4.78, 5) is 12.6. The standard InChI is InChI=1S/C22H25N3O3/c1-15-11-19(16(2)25(15)9-10-27-3)14-23-24-22(26)20-12-17-7-5-6-8-18(17)13-21(20)28-4/h5-8,11-14H,9-10H2,1-4H3,(H,24,26)/b23-14-. The van der Waals surface area contributed by atoms with Crippen molar-refractivity contribution in [1.29, 1.82) is 0 Å². The van der Waals surface area contributed by atoms with Gasteiger partial charge in [0, 0.05) is 30.6 Å². The monoisotopic (exact) mass is 379 g/mol. The third-order valence-electron chi connectivity index (χ3n) is 4.81. The van der Waals surface area contributed by atoms with E-state index in [-0.39, 0.29) is 5.91 Å². The number of carbonyl (C=O) groups excluding carboxylic acids is 1. The number of amides is 1. The fourth-order valence-electron chi connectivity index (χ4n) is 3.27. The highest BCUT2D eigenvalue weighted by molar-refractivity contribution is 6.02. The number of methoxy groups -OCH3 is 2. The van der Waals surface area contributed by atoms with Crippen LogP contribution in [0, 0.1) is 13.8 Å². The van der Waals surface area contributed by atoms with Crippen molar-refractivity contribution in [3.8, 4) is 5.75 Å². The number of hydrazone groups is 1. The summed E-state index contributed by atoms with van der Waals surface area (Å²) in [5.74, 6) is 0.205. The van der Waals surface area contributed by atoms with E-state index >= 15 is 0 Å². The number of aromatic nitrogens is 1. The van der Waals surface area contributed by atoms with Crippen LogP contribution in [-0.2, 0) is 11.3 Å². The third kappa shape index (κ3) is 4.07. The number of hydrogen-bond donors (Lipinski definition) is 1. The first-order chi connectivity index (χ1) is 13.5. The molecule has 2 aromatic carbocycles. The molecule has 0 fully saturated rings. The maximum Gasteiger partial charge on any atom is 0.275 e. The van der Waals surface area contributed by atoms with E-state index in [4.69, 9.17) is 9.47 Å². The molecule has 0 saturated heterocycles. The zero-order valence-electron chi connectivity index (χ0n) is 16.7. The molecule has 1 amide bonds. The van der Waals surface area contributed by atoms with E-state index in [9.17, 15) is 4.79 Å². The SMILES string of the molecule is COCCn1c(C)cc(/C=N\NC(=O)c2cc3ccccc3cc2OC)c1C. The van der Waals surface area contributed by atoms with Crippen molar-refractivity contribution in [2.45, 2.75) is 20.4 Å². The van der Waals surface area contributed by atoms with E-state index in [1.807, 2.05) is 56.3 Å². The smallest absolute Gasteiger partial charge is 0.275 e. The summed E-state index contributed by atoms with van der Waals surface area (Å²) >= 11 is 0. The molecule has 0 saturated carbocycles. The lowest BCUT2D eigenvalue weighted by Crippen LogP contribution is -2.18. The van der Waals surface area contributed by atoms with Gasteiger partial charge in [-0.15, -0.1) is 0 Å². The fourth-order valence-corrected chi connectivity index (χ4v) is 3.27. The first-order valence-electron chi connectivity index (χ1n) is 9.11. The van der Waals surface area contributed by atoms with Crippen LogP contribution in [0.3, 0.4) is 0 Å². The molecule has 0 bridgehead atoms. The topological polar surface area (TPSA) is 64.8 Å². The van der Waals surface area contributed by atoms with Crippen LogP contribution in [0.1, 0.15) is 27.3 Å². The Morgan fingerprint density at radius 3 is 2.54 bits per heavy atom. The van der Waals surface area contributed by atoms with Gasteiger partial charge in [0.25, 0.3) is 5.91 Å². The molecule has 146 valence electrons. The van der Waals surface area contributed by atoms with Crippen LogP contribution in [0.2, 0.25) is 0 Å². The highest BCUT2D eigenvalue weighted by Gasteiger charge is 2.13. The van der Waals surface area contributed by atoms with E-state index in [2.05, 4.69) is 15.1 Å². The van der Waals surface area contributed by atoms with Crippen LogP contribution in [0.25, 0.3) is 10.8 Å². The van der Waals surface area contributed by atoms with Crippen LogP contribution in [-0.4, -0.2) is 37.5 Å². The number of rotatable bonds is 7. The summed E-state index contributed by atoms with van der Waals surface area (Å²) in [7, 11) is 3.24. The summed E-state index contributed by atoms with van der Waals surface area (Å²) in [6.45, 7) is 5.49. The molecule has 0 aliphatic heterocycles. The second-order valence-electron chi connectivity index (χ2n) is 6.57. The molecule has 1 heterocycles. The predicted octanol–water partition coefficient (Wildman–Crippen LogP) is 3.68. The van der Waals surface area contributed by atoms with Crippen molar-refractivity contribution in [2.75, 3.05) is 20.8 Å². The molecule has 1 N–H and O–H groups in total. The van der Waals surface area contributed by atoms with Crippen molar-refractivity contribution >= 4 is 22.9 Å². The minimum atomic E-state index is -0.313. The van der Waals surface area contributed by atoms with Crippen molar-refractivity contribution in [2.24, 2.45) is 5.10 Å². The molecule has 0 aliphatic carbocycles. The number of aryl methyl sites for hydroxylation is 1.